The van der Waals surface area contributed by atoms with Crippen molar-refractivity contribution in [2.45, 2.75) is 57.9 Å². The summed E-state index contributed by atoms with van der Waals surface area (Å²) in [7, 11) is 0. The van der Waals surface area contributed by atoms with Crippen molar-refractivity contribution in [2.24, 2.45) is 11.7 Å². The number of nitrogens with two attached hydrogens (primary N) is 1. The third-order valence-electron chi connectivity index (χ3n) is 4.88. The molecule has 5 heteroatoms. The monoisotopic (exact) mass is 346 g/mol. The van der Waals surface area contributed by atoms with Gasteiger partial charge in [-0.05, 0) is 44.2 Å². The quantitative estimate of drug-likeness (QED) is 0.532. The van der Waals surface area contributed by atoms with Crippen LogP contribution >= 0.6 is 0 Å². The maximum absolute atomic E-state index is 12.1. The lowest BCUT2D eigenvalue weighted by Gasteiger charge is -2.30. The van der Waals surface area contributed by atoms with Gasteiger partial charge in [-0.15, -0.1) is 0 Å². The van der Waals surface area contributed by atoms with Crippen LogP contribution in [0.3, 0.4) is 0 Å². The molecule has 1 atom stereocenters. The summed E-state index contributed by atoms with van der Waals surface area (Å²) in [5, 5.41) is 3.09. The van der Waals surface area contributed by atoms with Gasteiger partial charge in [0.2, 0.25) is 5.91 Å². The standard InChI is InChI=1S/C20H30N2O3/c1-15(23)17-9-5-10-18(13-17)25-12-6-11-20(24)22-19(14-21)16-7-3-2-4-8-16/h5,9-10,13,16,19H,2-4,6-8,11-12,14,21H2,1H3,(H,22,24). The van der Waals surface area contributed by atoms with Crippen LogP contribution in [0.1, 0.15) is 62.2 Å². The predicted molar refractivity (Wildman–Crippen MR) is 98.7 cm³/mol. The lowest BCUT2D eigenvalue weighted by atomic mass is 9.84. The fraction of sp³-hybridized carbons (Fsp3) is 0.600. The van der Waals surface area contributed by atoms with Crippen LogP contribution in [-0.2, 0) is 4.79 Å². The Hall–Kier alpha value is -1.88. The highest BCUT2D eigenvalue weighted by Crippen LogP contribution is 2.26. The number of ketones is 1. The number of hydrogen-bond acceptors (Lipinski definition) is 4. The summed E-state index contributed by atoms with van der Waals surface area (Å²) < 4.78 is 5.64. The van der Waals surface area contributed by atoms with E-state index in [1.807, 2.05) is 6.07 Å². The molecule has 0 radical (unpaired) electrons. The molecule has 0 heterocycles. The molecule has 2 rings (SSSR count). The third kappa shape index (κ3) is 6.50. The maximum Gasteiger partial charge on any atom is 0.220 e. The average Bonchev–Trinajstić information content (AvgIpc) is 2.64. The topological polar surface area (TPSA) is 81.4 Å². The minimum Gasteiger partial charge on any atom is -0.494 e. The van der Waals surface area contributed by atoms with Gasteiger partial charge in [-0.1, -0.05) is 31.4 Å². The van der Waals surface area contributed by atoms with Gasteiger partial charge in [0.05, 0.1) is 6.61 Å². The number of carbonyl (C=O) groups excluding carboxylic acids is 2. The largest absolute Gasteiger partial charge is 0.494 e. The van der Waals surface area contributed by atoms with Gasteiger partial charge in [0.15, 0.2) is 5.78 Å². The number of ether oxygens (including phenoxy) is 1. The molecule has 1 unspecified atom stereocenters. The fourth-order valence-electron chi connectivity index (χ4n) is 3.41. The van der Waals surface area contributed by atoms with Crippen LogP contribution in [0, 0.1) is 5.92 Å². The van der Waals surface area contributed by atoms with Crippen molar-refractivity contribution >= 4 is 11.7 Å². The number of carbonyl (C=O) groups is 2. The number of amides is 1. The second kappa shape index (κ2) is 10.2. The predicted octanol–water partition coefficient (Wildman–Crippen LogP) is 3.07. The second-order valence-corrected chi connectivity index (χ2v) is 6.84. The van der Waals surface area contributed by atoms with E-state index in [0.717, 1.165) is 12.8 Å². The summed E-state index contributed by atoms with van der Waals surface area (Å²) >= 11 is 0. The van der Waals surface area contributed by atoms with Crippen LogP contribution in [-0.4, -0.2) is 30.9 Å². The second-order valence-electron chi connectivity index (χ2n) is 6.84. The van der Waals surface area contributed by atoms with Crippen LogP contribution < -0.4 is 15.8 Å². The van der Waals surface area contributed by atoms with Gasteiger partial charge < -0.3 is 15.8 Å². The van der Waals surface area contributed by atoms with E-state index in [2.05, 4.69) is 5.32 Å². The smallest absolute Gasteiger partial charge is 0.220 e. The highest BCUT2D eigenvalue weighted by Gasteiger charge is 2.23. The Balaban J connectivity index is 1.69. The molecule has 25 heavy (non-hydrogen) atoms. The Labute approximate surface area is 150 Å². The lowest BCUT2D eigenvalue weighted by Crippen LogP contribution is -2.45. The molecular weight excluding hydrogens is 316 g/mol. The molecule has 5 nitrogen and oxygen atoms in total. The van der Waals surface area contributed by atoms with E-state index in [1.165, 1.54) is 26.2 Å². The van der Waals surface area contributed by atoms with E-state index in [9.17, 15) is 9.59 Å². The SMILES string of the molecule is CC(=O)c1cccc(OCCCC(=O)NC(CN)C2CCCCC2)c1. The molecule has 1 fully saturated rings. The van der Waals surface area contributed by atoms with Gasteiger partial charge in [0.25, 0.3) is 0 Å². The van der Waals surface area contributed by atoms with Crippen molar-refractivity contribution in [1.29, 1.82) is 0 Å². The van der Waals surface area contributed by atoms with Crippen molar-refractivity contribution in [3.8, 4) is 5.75 Å². The summed E-state index contributed by atoms with van der Waals surface area (Å²) in [6, 6.07) is 7.21. The molecule has 0 spiro atoms. The van der Waals surface area contributed by atoms with Crippen molar-refractivity contribution in [3.05, 3.63) is 29.8 Å². The minimum atomic E-state index is 0.0142. The molecule has 1 aromatic carbocycles. The minimum absolute atomic E-state index is 0.0142. The average molecular weight is 346 g/mol. The van der Waals surface area contributed by atoms with E-state index in [1.54, 1.807) is 18.2 Å². The first-order chi connectivity index (χ1) is 12.1. The van der Waals surface area contributed by atoms with Crippen LogP contribution in [0.2, 0.25) is 0 Å². The first-order valence-corrected chi connectivity index (χ1v) is 9.33. The maximum atomic E-state index is 12.1. The molecule has 3 N–H and O–H groups in total. The van der Waals surface area contributed by atoms with Crippen LogP contribution in [0.4, 0.5) is 0 Å². The molecule has 138 valence electrons. The fourth-order valence-corrected chi connectivity index (χ4v) is 3.41. The first kappa shape index (κ1) is 19.4. The van der Waals surface area contributed by atoms with Gasteiger partial charge in [-0.3, -0.25) is 9.59 Å². The summed E-state index contributed by atoms with van der Waals surface area (Å²) in [4.78, 5) is 23.5. The third-order valence-corrected chi connectivity index (χ3v) is 4.88. The molecule has 0 aromatic heterocycles. The van der Waals surface area contributed by atoms with Gasteiger partial charge in [0.1, 0.15) is 5.75 Å². The summed E-state index contributed by atoms with van der Waals surface area (Å²) in [6.07, 6.45) is 7.17. The highest BCUT2D eigenvalue weighted by molar-refractivity contribution is 5.94. The van der Waals surface area contributed by atoms with Crippen molar-refractivity contribution < 1.29 is 14.3 Å². The Morgan fingerprint density at radius 3 is 2.72 bits per heavy atom. The number of Topliss-reactive ketones (excluding diaryl/α,β-unsaturated/α-hetero) is 1. The molecule has 1 amide bonds. The van der Waals surface area contributed by atoms with Gasteiger partial charge in [-0.25, -0.2) is 0 Å². The molecule has 1 saturated carbocycles. The molecule has 1 aliphatic carbocycles. The summed E-state index contributed by atoms with van der Waals surface area (Å²) in [5.41, 5.74) is 6.49. The zero-order chi connectivity index (χ0) is 18.1. The normalized spacial score (nSPS) is 16.2. The molecule has 0 bridgehead atoms. The molecule has 0 saturated heterocycles. The zero-order valence-electron chi connectivity index (χ0n) is 15.1. The van der Waals surface area contributed by atoms with E-state index < -0.39 is 0 Å². The van der Waals surface area contributed by atoms with Gasteiger partial charge in [0, 0.05) is 24.6 Å². The van der Waals surface area contributed by atoms with E-state index in [0.29, 0.717) is 43.2 Å². The first-order valence-electron chi connectivity index (χ1n) is 9.33. The Morgan fingerprint density at radius 1 is 1.28 bits per heavy atom. The highest BCUT2D eigenvalue weighted by atomic mass is 16.5. The number of benzene rings is 1. The number of nitrogens with one attached hydrogen (secondary N) is 1. The van der Waals surface area contributed by atoms with E-state index >= 15 is 0 Å². The number of rotatable bonds is 9. The molecular formula is C20H30N2O3. The van der Waals surface area contributed by atoms with Gasteiger partial charge in [-0.2, -0.15) is 0 Å². The number of hydrogen-bond donors (Lipinski definition) is 2. The van der Waals surface area contributed by atoms with Crippen LogP contribution in [0.25, 0.3) is 0 Å². The van der Waals surface area contributed by atoms with Crippen molar-refractivity contribution in [2.75, 3.05) is 13.2 Å². The van der Waals surface area contributed by atoms with Crippen LogP contribution in [0.15, 0.2) is 24.3 Å². The van der Waals surface area contributed by atoms with Crippen LogP contribution in [0.5, 0.6) is 5.75 Å². The molecule has 0 aliphatic heterocycles. The van der Waals surface area contributed by atoms with Crippen molar-refractivity contribution in [3.63, 3.8) is 0 Å². The van der Waals surface area contributed by atoms with Gasteiger partial charge >= 0.3 is 0 Å². The Kier molecular flexibility index (Phi) is 7.92. The van der Waals surface area contributed by atoms with E-state index in [-0.39, 0.29) is 17.7 Å². The van der Waals surface area contributed by atoms with E-state index in [4.69, 9.17) is 10.5 Å². The molecule has 1 aromatic rings. The molecule has 1 aliphatic rings. The lowest BCUT2D eigenvalue weighted by molar-refractivity contribution is -0.122. The summed E-state index contributed by atoms with van der Waals surface area (Å²) in [6.45, 7) is 2.49. The van der Waals surface area contributed by atoms with Crippen molar-refractivity contribution in [1.82, 2.24) is 5.32 Å². The summed E-state index contributed by atoms with van der Waals surface area (Å²) in [5.74, 6) is 1.24. The Bertz CT molecular complexity index is 568. The zero-order valence-corrected chi connectivity index (χ0v) is 15.1. The Morgan fingerprint density at radius 2 is 2.04 bits per heavy atom.